The molecule has 0 saturated heterocycles. The van der Waals surface area contributed by atoms with Crippen LogP contribution in [0.15, 0.2) is 0 Å². The van der Waals surface area contributed by atoms with Gasteiger partial charge < -0.3 is 14.7 Å². The molecule has 68 valence electrons. The van der Waals surface area contributed by atoms with Crippen molar-refractivity contribution < 1.29 is 23.8 Å². The van der Waals surface area contributed by atoms with Crippen LogP contribution in [0.25, 0.3) is 0 Å². The van der Waals surface area contributed by atoms with E-state index in [1.165, 1.54) is 6.92 Å². The van der Waals surface area contributed by atoms with Gasteiger partial charge in [0.1, 0.15) is 5.40 Å². The topological polar surface area (TPSA) is 94.8 Å². The summed E-state index contributed by atoms with van der Waals surface area (Å²) in [6.07, 6.45) is 0.00849. The van der Waals surface area contributed by atoms with Gasteiger partial charge in [-0.15, -0.1) is 0 Å². The average Bonchev–Trinajstić information content (AvgIpc) is 1.56. The Labute approximate surface area is 65.1 Å². The molecule has 0 fully saturated rings. The van der Waals surface area contributed by atoms with Gasteiger partial charge in [0.15, 0.2) is 0 Å². The first-order chi connectivity index (χ1) is 4.69. The lowest BCUT2D eigenvalue weighted by molar-refractivity contribution is 0.362. The minimum atomic E-state index is -4.41. The third-order valence-electron chi connectivity index (χ3n) is 1.31. The van der Waals surface area contributed by atoms with Crippen molar-refractivity contribution in [2.24, 2.45) is 0 Å². The lowest BCUT2D eigenvalue weighted by Gasteiger charge is -2.18. The van der Waals surface area contributed by atoms with E-state index in [2.05, 4.69) is 0 Å². The maximum absolute atomic E-state index is 10.9. The fraction of sp³-hybridized carbons (Fsp3) is 1.00. The maximum atomic E-state index is 10.9. The quantitative estimate of drug-likeness (QED) is 0.588. The second-order valence-corrected chi connectivity index (χ2v) is 7.14. The number of hydrogen-bond acceptors (Lipinski definition) is 2. The Kier molecular flexibility index (Phi) is 3.48. The molecule has 0 aromatic rings. The summed E-state index contributed by atoms with van der Waals surface area (Å²) in [5.41, 5.74) is 0. The Hall–Kier alpha value is 0.340. The Morgan fingerprint density at radius 1 is 1.27 bits per heavy atom. The third kappa shape index (κ3) is 3.50. The molecule has 0 aliphatic carbocycles. The van der Waals surface area contributed by atoms with Crippen LogP contribution in [0.5, 0.6) is 0 Å². The summed E-state index contributed by atoms with van der Waals surface area (Å²) < 4.78 is 21.4. The van der Waals surface area contributed by atoms with E-state index in [-0.39, 0.29) is 6.42 Å². The molecule has 7 heteroatoms. The summed E-state index contributed by atoms with van der Waals surface area (Å²) in [5, 5.41) is -1.41. The van der Waals surface area contributed by atoms with Crippen LogP contribution < -0.4 is 0 Å². The molecule has 0 aromatic carbocycles. The molecule has 2 unspecified atom stereocenters. The summed E-state index contributed by atoms with van der Waals surface area (Å²) >= 11 is 0. The van der Waals surface area contributed by atoms with Crippen molar-refractivity contribution in [1.29, 1.82) is 0 Å². The molecule has 0 aliphatic rings. The average molecular weight is 202 g/mol. The SMILES string of the molecule is CCC(P(C)(=O)O)P(=O)(O)O. The molecule has 0 saturated carbocycles. The molecular weight excluding hydrogens is 190 g/mol. The van der Waals surface area contributed by atoms with E-state index in [1.54, 1.807) is 0 Å². The standard InChI is InChI=1S/C4H12O5P2/c1-3-4(10(2,5)6)11(7,8)9/h4H,3H2,1-2H3,(H,5,6)(H2,7,8,9). The predicted molar refractivity (Wildman–Crippen MR) is 41.9 cm³/mol. The molecule has 0 aromatic heterocycles. The van der Waals surface area contributed by atoms with Gasteiger partial charge in [-0.1, -0.05) is 6.92 Å². The van der Waals surface area contributed by atoms with Gasteiger partial charge in [-0.25, -0.2) is 0 Å². The van der Waals surface area contributed by atoms with Crippen molar-refractivity contribution in [1.82, 2.24) is 0 Å². The Bertz CT molecular complexity index is 191. The van der Waals surface area contributed by atoms with Gasteiger partial charge in [0.05, 0.1) is 0 Å². The van der Waals surface area contributed by atoms with Crippen molar-refractivity contribution in [3.05, 3.63) is 0 Å². The van der Waals surface area contributed by atoms with Crippen LogP contribution in [0, 0.1) is 0 Å². The zero-order chi connectivity index (χ0) is 9.28. The van der Waals surface area contributed by atoms with Crippen LogP contribution in [-0.2, 0) is 9.13 Å². The Morgan fingerprint density at radius 2 is 1.64 bits per heavy atom. The van der Waals surface area contributed by atoms with Crippen LogP contribution in [0.1, 0.15) is 13.3 Å². The summed E-state index contributed by atoms with van der Waals surface area (Å²) in [7, 11) is -8.07. The van der Waals surface area contributed by atoms with Crippen LogP contribution in [0.3, 0.4) is 0 Å². The molecule has 0 radical (unpaired) electrons. The zero-order valence-electron chi connectivity index (χ0n) is 6.34. The fourth-order valence-electron chi connectivity index (χ4n) is 0.856. The molecule has 0 spiro atoms. The molecule has 3 N–H and O–H groups in total. The van der Waals surface area contributed by atoms with Crippen molar-refractivity contribution in [3.8, 4) is 0 Å². The molecule has 0 amide bonds. The van der Waals surface area contributed by atoms with Crippen LogP contribution in [0.2, 0.25) is 0 Å². The highest BCUT2D eigenvalue weighted by Crippen LogP contribution is 2.61. The molecule has 11 heavy (non-hydrogen) atoms. The van der Waals surface area contributed by atoms with Gasteiger partial charge in [-0.3, -0.25) is 9.13 Å². The van der Waals surface area contributed by atoms with E-state index in [0.29, 0.717) is 0 Å². The van der Waals surface area contributed by atoms with E-state index in [1.807, 2.05) is 0 Å². The summed E-state index contributed by atoms with van der Waals surface area (Å²) in [6.45, 7) is 2.43. The van der Waals surface area contributed by atoms with Crippen molar-refractivity contribution in [2.75, 3.05) is 6.66 Å². The minimum absolute atomic E-state index is 0.00849. The number of hydrogen-bond donors (Lipinski definition) is 3. The highest BCUT2D eigenvalue weighted by Gasteiger charge is 2.38. The largest absolute Gasteiger partial charge is 0.344 e. The molecule has 2 atom stereocenters. The van der Waals surface area contributed by atoms with E-state index in [9.17, 15) is 9.13 Å². The highest BCUT2D eigenvalue weighted by molar-refractivity contribution is 7.73. The predicted octanol–water partition coefficient (Wildman–Crippen LogP) is 0.800. The van der Waals surface area contributed by atoms with Crippen molar-refractivity contribution in [3.63, 3.8) is 0 Å². The van der Waals surface area contributed by atoms with Gasteiger partial charge in [0.2, 0.25) is 7.37 Å². The highest BCUT2D eigenvalue weighted by atomic mass is 31.2. The first kappa shape index (κ1) is 11.3. The molecule has 0 bridgehead atoms. The molecule has 0 aliphatic heterocycles. The van der Waals surface area contributed by atoms with Crippen molar-refractivity contribution in [2.45, 2.75) is 18.7 Å². The summed E-state index contributed by atoms with van der Waals surface area (Å²) in [6, 6.07) is 0. The van der Waals surface area contributed by atoms with Crippen molar-refractivity contribution >= 4 is 15.0 Å². The lowest BCUT2D eigenvalue weighted by atomic mass is 10.6. The fourth-order valence-corrected chi connectivity index (χ4v) is 4.24. The van der Waals surface area contributed by atoms with Crippen LogP contribution in [0.4, 0.5) is 0 Å². The maximum Gasteiger partial charge on any atom is 0.338 e. The van der Waals surface area contributed by atoms with E-state index >= 15 is 0 Å². The van der Waals surface area contributed by atoms with Gasteiger partial charge in [0.25, 0.3) is 0 Å². The van der Waals surface area contributed by atoms with Gasteiger partial charge in [0, 0.05) is 6.66 Å². The second kappa shape index (κ2) is 3.38. The third-order valence-corrected chi connectivity index (χ3v) is 6.11. The first-order valence-electron chi connectivity index (χ1n) is 3.04. The first-order valence-corrected chi connectivity index (χ1v) is 6.90. The minimum Gasteiger partial charge on any atom is -0.344 e. The monoisotopic (exact) mass is 202 g/mol. The van der Waals surface area contributed by atoms with E-state index in [4.69, 9.17) is 14.7 Å². The number of rotatable bonds is 3. The summed E-state index contributed by atoms with van der Waals surface area (Å²) in [4.78, 5) is 26.1. The Balaban J connectivity index is 4.72. The van der Waals surface area contributed by atoms with E-state index < -0.39 is 20.4 Å². The van der Waals surface area contributed by atoms with Crippen LogP contribution in [-0.4, -0.2) is 26.7 Å². The molecule has 0 heterocycles. The smallest absolute Gasteiger partial charge is 0.338 e. The van der Waals surface area contributed by atoms with E-state index in [0.717, 1.165) is 6.66 Å². The Morgan fingerprint density at radius 3 is 1.64 bits per heavy atom. The normalized spacial score (nSPS) is 20.8. The van der Waals surface area contributed by atoms with Gasteiger partial charge >= 0.3 is 7.60 Å². The molecular formula is C4H12O5P2. The second-order valence-electron chi connectivity index (χ2n) is 2.42. The zero-order valence-corrected chi connectivity index (χ0v) is 8.13. The van der Waals surface area contributed by atoms with Crippen LogP contribution >= 0.6 is 15.0 Å². The van der Waals surface area contributed by atoms with Gasteiger partial charge in [-0.05, 0) is 6.42 Å². The molecule has 5 nitrogen and oxygen atoms in total. The lowest BCUT2D eigenvalue weighted by Crippen LogP contribution is -2.06. The summed E-state index contributed by atoms with van der Waals surface area (Å²) in [5.74, 6) is 0. The molecule has 0 rings (SSSR count). The van der Waals surface area contributed by atoms with Gasteiger partial charge in [-0.2, -0.15) is 0 Å².